The van der Waals surface area contributed by atoms with Gasteiger partial charge in [0.05, 0.1) is 0 Å². The zero-order chi connectivity index (χ0) is 31.8. The minimum atomic E-state index is 0.0342. The van der Waals surface area contributed by atoms with Crippen LogP contribution in [0.4, 0.5) is 17.1 Å². The van der Waals surface area contributed by atoms with Crippen LogP contribution in [0.3, 0.4) is 0 Å². The lowest BCUT2D eigenvalue weighted by atomic mass is 9.45. The van der Waals surface area contributed by atoms with Crippen LogP contribution in [0.15, 0.2) is 164 Å². The van der Waals surface area contributed by atoms with E-state index in [0.717, 1.165) is 0 Å². The lowest BCUT2D eigenvalue weighted by Crippen LogP contribution is -2.56. The average Bonchev–Trinajstić information content (AvgIpc) is 3.50. The van der Waals surface area contributed by atoms with Crippen molar-refractivity contribution in [2.24, 2.45) is 0 Å². The molecule has 0 bridgehead atoms. The number of para-hydroxylation sites is 3. The molecular weight excluding hydrogens is 591 g/mol. The minimum Gasteiger partial charge on any atom is -0.375 e. The Hall–Kier alpha value is -6.32. The van der Waals surface area contributed by atoms with Gasteiger partial charge in [-0.2, -0.15) is 0 Å². The van der Waals surface area contributed by atoms with Crippen molar-refractivity contribution in [2.45, 2.75) is 0 Å². The molecule has 0 amide bonds. The van der Waals surface area contributed by atoms with Crippen LogP contribution < -0.4 is 15.8 Å². The summed E-state index contributed by atoms with van der Waals surface area (Å²) >= 11 is 0. The maximum atomic E-state index is 2.64. The summed E-state index contributed by atoms with van der Waals surface area (Å²) in [6.07, 6.45) is 0. The number of anilines is 3. The lowest BCUT2D eigenvalue weighted by Gasteiger charge is -2.40. The molecule has 3 heteroatoms. The van der Waals surface area contributed by atoms with E-state index in [1.807, 2.05) is 0 Å². The van der Waals surface area contributed by atoms with Gasteiger partial charge in [0, 0.05) is 44.4 Å². The third-order valence-corrected chi connectivity index (χ3v) is 11.3. The summed E-state index contributed by atoms with van der Waals surface area (Å²) in [5, 5.41) is 13.0. The van der Waals surface area contributed by atoms with E-state index in [9.17, 15) is 0 Å². The van der Waals surface area contributed by atoms with Gasteiger partial charge in [0.2, 0.25) is 0 Å². The van der Waals surface area contributed by atoms with E-state index in [-0.39, 0.29) is 6.85 Å². The largest absolute Gasteiger partial charge is 0.375 e. The smallest absolute Gasteiger partial charge is 0.333 e. The van der Waals surface area contributed by atoms with Crippen molar-refractivity contribution in [1.29, 1.82) is 0 Å². The lowest BCUT2D eigenvalue weighted by molar-refractivity contribution is 1.26. The maximum Gasteiger partial charge on any atom is 0.333 e. The van der Waals surface area contributed by atoms with E-state index < -0.39 is 0 Å². The first-order chi connectivity index (χ1) is 24.3. The normalized spacial score (nSPS) is 13.2. The molecule has 0 radical (unpaired) electrons. The van der Waals surface area contributed by atoms with Crippen molar-refractivity contribution >= 4 is 99.7 Å². The van der Waals surface area contributed by atoms with Gasteiger partial charge in [-0.25, -0.2) is 0 Å². The zero-order valence-corrected chi connectivity index (χ0v) is 26.6. The Balaban J connectivity index is 1.26. The Morgan fingerprint density at radius 3 is 1.69 bits per heavy atom. The van der Waals surface area contributed by atoms with Gasteiger partial charge in [0.1, 0.15) is 0 Å². The quantitative estimate of drug-likeness (QED) is 0.101. The molecule has 9 aromatic carbocycles. The monoisotopic (exact) mass is 618 g/mol. The van der Waals surface area contributed by atoms with E-state index >= 15 is 0 Å². The van der Waals surface area contributed by atoms with E-state index in [0.29, 0.717) is 0 Å². The van der Waals surface area contributed by atoms with Crippen molar-refractivity contribution in [3.05, 3.63) is 164 Å². The number of fused-ring (bicyclic) bond motifs is 14. The molecule has 0 saturated heterocycles. The molecule has 2 aliphatic heterocycles. The first-order valence-corrected chi connectivity index (χ1v) is 17.1. The van der Waals surface area contributed by atoms with E-state index in [1.165, 1.54) is 104 Å². The number of benzene rings is 9. The predicted octanol–water partition coefficient (Wildman–Crippen LogP) is 10.8. The Kier molecular flexibility index (Phi) is 4.82. The van der Waals surface area contributed by atoms with Crippen LogP contribution in [-0.4, -0.2) is 11.3 Å². The molecule has 0 unspecified atom stereocenters. The fourth-order valence-corrected chi connectivity index (χ4v) is 9.34. The van der Waals surface area contributed by atoms with Crippen molar-refractivity contribution in [1.82, 2.24) is 4.48 Å². The molecule has 10 aromatic rings. The highest BCUT2D eigenvalue weighted by Crippen LogP contribution is 2.46. The summed E-state index contributed by atoms with van der Waals surface area (Å²) in [5.74, 6) is 0. The van der Waals surface area contributed by atoms with Gasteiger partial charge < -0.3 is 9.38 Å². The molecule has 0 saturated carbocycles. The second-order valence-corrected chi connectivity index (χ2v) is 13.6. The van der Waals surface area contributed by atoms with Gasteiger partial charge >= 0.3 is 6.85 Å². The predicted molar refractivity (Wildman–Crippen MR) is 210 cm³/mol. The van der Waals surface area contributed by atoms with Gasteiger partial charge in [-0.3, -0.25) is 0 Å². The van der Waals surface area contributed by atoms with Crippen LogP contribution in [0, 0.1) is 0 Å². The van der Waals surface area contributed by atoms with Crippen LogP contribution in [0.25, 0.3) is 76.0 Å². The van der Waals surface area contributed by atoms with Crippen LogP contribution in [0.5, 0.6) is 0 Å². The van der Waals surface area contributed by atoms with Crippen molar-refractivity contribution in [2.75, 3.05) is 4.90 Å². The summed E-state index contributed by atoms with van der Waals surface area (Å²) in [6, 6.07) is 61.2. The van der Waals surface area contributed by atoms with E-state index in [1.54, 1.807) is 0 Å². The third-order valence-electron chi connectivity index (χ3n) is 11.3. The molecule has 3 heterocycles. The number of nitrogens with zero attached hydrogens (tertiary/aromatic N) is 2. The molecule has 0 N–H and O–H groups in total. The highest BCUT2D eigenvalue weighted by atomic mass is 15.2. The molecule has 0 fully saturated rings. The Labute approximate surface area is 283 Å². The first kappa shape index (κ1) is 25.7. The van der Waals surface area contributed by atoms with Crippen LogP contribution in [0.1, 0.15) is 0 Å². The molecule has 0 atom stereocenters. The van der Waals surface area contributed by atoms with Gasteiger partial charge in [-0.1, -0.05) is 121 Å². The Bertz CT molecular complexity index is 3070. The highest BCUT2D eigenvalue weighted by Gasteiger charge is 2.42. The second kappa shape index (κ2) is 9.18. The second-order valence-electron chi connectivity index (χ2n) is 13.6. The van der Waals surface area contributed by atoms with E-state index in [4.69, 9.17) is 0 Å². The summed E-state index contributed by atoms with van der Waals surface area (Å²) in [5.41, 5.74) is 11.6. The number of hydrogen-bond acceptors (Lipinski definition) is 1. The van der Waals surface area contributed by atoms with Crippen LogP contribution >= 0.6 is 0 Å². The molecule has 2 aliphatic rings. The summed E-state index contributed by atoms with van der Waals surface area (Å²) in [6.45, 7) is 0.0342. The van der Waals surface area contributed by atoms with Gasteiger partial charge in [-0.15, -0.1) is 0 Å². The fourth-order valence-electron chi connectivity index (χ4n) is 9.34. The summed E-state index contributed by atoms with van der Waals surface area (Å²) in [4.78, 5) is 2.50. The fraction of sp³-hybridized carbons (Fsp3) is 0. The number of hydrogen-bond donors (Lipinski definition) is 0. The SMILES string of the molecule is c1ccc(N2c3cc4cc5c6ccccc6c6ccccc6c5cc4cc3B3c4c(cccc42)-c2cccc4c5ccccc5n3c24)cc1. The molecule has 224 valence electrons. The highest BCUT2D eigenvalue weighted by molar-refractivity contribution is 6.90. The van der Waals surface area contributed by atoms with Crippen molar-refractivity contribution in [3.63, 3.8) is 0 Å². The first-order valence-electron chi connectivity index (χ1n) is 17.1. The topological polar surface area (TPSA) is 8.17 Å². The van der Waals surface area contributed by atoms with Gasteiger partial charge in [0.25, 0.3) is 0 Å². The maximum absolute atomic E-state index is 2.64. The standard InChI is InChI=1S/C46H27BN2/c1-2-12-30(13-3-1)48-43-23-11-19-36-38-21-10-20-37-35-18-8-9-22-42(35)49(46(37)38)47(45(36)43)41-26-28-24-39-33-16-6-4-14-31(33)32-15-5-7-17-34(32)40(39)25-29(28)27-44(41)48/h1-27H. The third kappa shape index (κ3) is 3.22. The molecule has 1 aromatic heterocycles. The van der Waals surface area contributed by atoms with Crippen LogP contribution in [0.2, 0.25) is 0 Å². The van der Waals surface area contributed by atoms with Crippen molar-refractivity contribution in [3.8, 4) is 11.1 Å². The molecule has 0 spiro atoms. The molecule has 2 nitrogen and oxygen atoms in total. The molecule has 12 rings (SSSR count). The summed E-state index contributed by atoms with van der Waals surface area (Å²) in [7, 11) is 0. The molecule has 0 aliphatic carbocycles. The molecule has 49 heavy (non-hydrogen) atoms. The Morgan fingerprint density at radius 2 is 0.959 bits per heavy atom. The average molecular weight is 619 g/mol. The summed E-state index contributed by atoms with van der Waals surface area (Å²) < 4.78 is 2.64. The van der Waals surface area contributed by atoms with Crippen LogP contribution in [-0.2, 0) is 0 Å². The molecular formula is C46H27BN2. The number of rotatable bonds is 1. The van der Waals surface area contributed by atoms with Gasteiger partial charge in [-0.05, 0) is 102 Å². The minimum absolute atomic E-state index is 0.0342. The van der Waals surface area contributed by atoms with E-state index in [2.05, 4.69) is 173 Å². The van der Waals surface area contributed by atoms with Crippen molar-refractivity contribution < 1.29 is 0 Å². The Morgan fingerprint density at radius 1 is 0.388 bits per heavy atom. The zero-order valence-electron chi connectivity index (χ0n) is 26.6. The number of aromatic nitrogens is 1. The van der Waals surface area contributed by atoms with Gasteiger partial charge in [0.15, 0.2) is 0 Å².